The van der Waals surface area contributed by atoms with Crippen LogP contribution in [0.25, 0.3) is 10.2 Å². The number of sulfonamides is 1. The quantitative estimate of drug-likeness (QED) is 0.458. The first-order valence-electron chi connectivity index (χ1n) is 12.0. The summed E-state index contributed by atoms with van der Waals surface area (Å²) in [5, 5.41) is 0.652. The molecule has 1 unspecified atom stereocenters. The molecular weight excluding hydrogens is 480 g/mol. The molecule has 1 atom stereocenters. The molecule has 0 saturated carbocycles. The fraction of sp³-hybridized carbons (Fsp3) is 0.462. The highest BCUT2D eigenvalue weighted by Crippen LogP contribution is 2.33. The summed E-state index contributed by atoms with van der Waals surface area (Å²) in [6.07, 6.45) is 2.80. The van der Waals surface area contributed by atoms with Crippen LogP contribution in [-0.2, 0) is 10.0 Å². The first-order valence-corrected chi connectivity index (χ1v) is 14.3. The molecular formula is C26H34N4O3S2. The first kappa shape index (κ1) is 25.8. The summed E-state index contributed by atoms with van der Waals surface area (Å²) in [5.41, 5.74) is 3.62. The Kier molecular flexibility index (Phi) is 7.61. The molecule has 1 fully saturated rings. The highest BCUT2D eigenvalue weighted by molar-refractivity contribution is 7.89. The van der Waals surface area contributed by atoms with E-state index in [4.69, 9.17) is 4.98 Å². The van der Waals surface area contributed by atoms with Crippen molar-refractivity contribution in [1.82, 2.24) is 14.2 Å². The van der Waals surface area contributed by atoms with Crippen LogP contribution in [0.2, 0.25) is 0 Å². The van der Waals surface area contributed by atoms with Crippen molar-refractivity contribution in [1.29, 1.82) is 0 Å². The van der Waals surface area contributed by atoms with E-state index in [0.29, 0.717) is 30.3 Å². The average molecular weight is 515 g/mol. The van der Waals surface area contributed by atoms with Crippen LogP contribution >= 0.6 is 11.3 Å². The number of hydrogen-bond donors (Lipinski definition) is 0. The zero-order valence-corrected chi connectivity index (χ0v) is 22.7. The number of carbonyl (C=O) groups excluding carboxylic acids is 1. The number of likely N-dealkylation sites (N-methyl/N-ethyl adjacent to an activating group) is 1. The van der Waals surface area contributed by atoms with Crippen molar-refractivity contribution in [3.63, 3.8) is 0 Å². The van der Waals surface area contributed by atoms with Crippen molar-refractivity contribution < 1.29 is 13.2 Å². The second kappa shape index (κ2) is 10.3. The summed E-state index contributed by atoms with van der Waals surface area (Å²) in [6.45, 7) is 7.76. The van der Waals surface area contributed by atoms with Gasteiger partial charge < -0.3 is 4.90 Å². The predicted molar refractivity (Wildman–Crippen MR) is 143 cm³/mol. The molecule has 1 saturated heterocycles. The molecule has 0 radical (unpaired) electrons. The maximum absolute atomic E-state index is 13.6. The van der Waals surface area contributed by atoms with Crippen LogP contribution < -0.4 is 4.90 Å². The van der Waals surface area contributed by atoms with Gasteiger partial charge in [0, 0.05) is 31.2 Å². The molecule has 0 bridgehead atoms. The lowest BCUT2D eigenvalue weighted by Gasteiger charge is -2.32. The predicted octanol–water partition coefficient (Wildman–Crippen LogP) is 4.68. The molecule has 2 heterocycles. The van der Waals surface area contributed by atoms with Crippen molar-refractivity contribution in [2.24, 2.45) is 0 Å². The number of aryl methyl sites for hydroxylation is 2. The first-order chi connectivity index (χ1) is 16.6. The molecule has 1 aromatic heterocycles. The zero-order valence-electron chi connectivity index (χ0n) is 21.1. The summed E-state index contributed by atoms with van der Waals surface area (Å²) in [7, 11) is 0.354. The van der Waals surface area contributed by atoms with Crippen LogP contribution in [0, 0.1) is 13.8 Å². The molecule has 35 heavy (non-hydrogen) atoms. The normalized spacial score (nSPS) is 17.3. The van der Waals surface area contributed by atoms with Crippen molar-refractivity contribution in [3.8, 4) is 0 Å². The second-order valence-electron chi connectivity index (χ2n) is 9.67. The average Bonchev–Trinajstić information content (AvgIpc) is 3.23. The number of thiazole rings is 1. The monoisotopic (exact) mass is 514 g/mol. The molecule has 0 N–H and O–H groups in total. The molecule has 2 aromatic carbocycles. The van der Waals surface area contributed by atoms with Crippen molar-refractivity contribution in [2.45, 2.75) is 51.0 Å². The topological polar surface area (TPSA) is 73.8 Å². The minimum absolute atomic E-state index is 0.0114. The minimum Gasteiger partial charge on any atom is -0.308 e. The summed E-state index contributed by atoms with van der Waals surface area (Å²) >= 11 is 1.51. The van der Waals surface area contributed by atoms with Crippen molar-refractivity contribution >= 4 is 42.6 Å². The summed E-state index contributed by atoms with van der Waals surface area (Å²) in [4.78, 5) is 22.4. The maximum atomic E-state index is 13.6. The van der Waals surface area contributed by atoms with Crippen molar-refractivity contribution in [3.05, 3.63) is 53.1 Å². The highest BCUT2D eigenvalue weighted by atomic mass is 32.2. The third-order valence-corrected chi connectivity index (χ3v) is 9.76. The molecule has 7 nitrogen and oxygen atoms in total. The van der Waals surface area contributed by atoms with Gasteiger partial charge in [-0.3, -0.25) is 9.69 Å². The Morgan fingerprint density at radius 1 is 1.11 bits per heavy atom. The number of amides is 1. The standard InChI is InChI=1S/C26H34N4O3S2/c1-18-16-19(2)24-23(17-18)27-26(34-24)29(15-14-28(4)5)25(31)21-9-11-22(12-10-21)35(32,33)30-13-7-6-8-20(30)3/h9-12,16-17,20H,6-8,13-15H2,1-5H3. The second-order valence-corrected chi connectivity index (χ2v) is 12.5. The van der Waals surface area contributed by atoms with E-state index >= 15 is 0 Å². The Bertz CT molecular complexity index is 1320. The Morgan fingerprint density at radius 2 is 1.83 bits per heavy atom. The van der Waals surface area contributed by atoms with Gasteiger partial charge in [-0.1, -0.05) is 23.8 Å². The number of piperidine rings is 1. The van der Waals surface area contributed by atoms with E-state index in [0.717, 1.165) is 40.6 Å². The van der Waals surface area contributed by atoms with E-state index in [-0.39, 0.29) is 16.8 Å². The maximum Gasteiger partial charge on any atom is 0.260 e. The van der Waals surface area contributed by atoms with Gasteiger partial charge in [-0.2, -0.15) is 4.31 Å². The van der Waals surface area contributed by atoms with E-state index in [1.807, 2.05) is 38.9 Å². The Hall–Kier alpha value is -2.33. The smallest absolute Gasteiger partial charge is 0.260 e. The molecule has 1 aliphatic rings. The Balaban J connectivity index is 1.64. The van der Waals surface area contributed by atoms with Crippen LogP contribution in [0.4, 0.5) is 5.13 Å². The number of hydrogen-bond acceptors (Lipinski definition) is 6. The van der Waals surface area contributed by atoms with Crippen molar-refractivity contribution in [2.75, 3.05) is 38.6 Å². The summed E-state index contributed by atoms with van der Waals surface area (Å²) < 4.78 is 29.0. The number of anilines is 1. The van der Waals surface area contributed by atoms with Gasteiger partial charge in [-0.25, -0.2) is 13.4 Å². The number of fused-ring (bicyclic) bond motifs is 1. The van der Waals surface area contributed by atoms with E-state index in [2.05, 4.69) is 13.0 Å². The summed E-state index contributed by atoms with van der Waals surface area (Å²) in [5.74, 6) is -0.185. The fourth-order valence-corrected chi connectivity index (χ4v) is 7.29. The molecule has 4 rings (SSSR count). The lowest BCUT2D eigenvalue weighted by Crippen LogP contribution is -2.41. The zero-order chi connectivity index (χ0) is 25.3. The lowest BCUT2D eigenvalue weighted by atomic mass is 10.1. The number of carbonyl (C=O) groups is 1. The van der Waals surface area contributed by atoms with Gasteiger partial charge >= 0.3 is 0 Å². The van der Waals surface area contributed by atoms with Gasteiger partial charge in [-0.05, 0) is 89.2 Å². The molecule has 1 amide bonds. The van der Waals surface area contributed by atoms with Gasteiger partial charge in [-0.15, -0.1) is 0 Å². The van der Waals surface area contributed by atoms with Gasteiger partial charge in [0.1, 0.15) is 0 Å². The molecule has 3 aromatic rings. The van der Waals surface area contributed by atoms with E-state index < -0.39 is 10.0 Å². The van der Waals surface area contributed by atoms with Crippen LogP contribution in [0.1, 0.15) is 47.7 Å². The van der Waals surface area contributed by atoms with Crippen LogP contribution in [-0.4, -0.2) is 68.3 Å². The van der Waals surface area contributed by atoms with Crippen LogP contribution in [0.5, 0.6) is 0 Å². The van der Waals surface area contributed by atoms with E-state index in [1.165, 1.54) is 11.3 Å². The minimum atomic E-state index is -3.58. The molecule has 1 aliphatic heterocycles. The number of benzene rings is 2. The number of rotatable bonds is 7. The van der Waals surface area contributed by atoms with Gasteiger partial charge in [0.05, 0.1) is 15.1 Å². The van der Waals surface area contributed by atoms with Gasteiger partial charge in [0.15, 0.2) is 5.13 Å². The number of nitrogens with zero attached hydrogens (tertiary/aromatic N) is 4. The molecule has 188 valence electrons. The van der Waals surface area contributed by atoms with Gasteiger partial charge in [0.25, 0.3) is 5.91 Å². The lowest BCUT2D eigenvalue weighted by molar-refractivity contribution is 0.0985. The molecule has 0 aliphatic carbocycles. The van der Waals surface area contributed by atoms with Crippen LogP contribution in [0.3, 0.4) is 0 Å². The third-order valence-electron chi connectivity index (χ3n) is 6.51. The van der Waals surface area contributed by atoms with Gasteiger partial charge in [0.2, 0.25) is 10.0 Å². The van der Waals surface area contributed by atoms with Crippen LogP contribution in [0.15, 0.2) is 41.3 Å². The van der Waals surface area contributed by atoms with E-state index in [9.17, 15) is 13.2 Å². The molecule has 0 spiro atoms. The van der Waals surface area contributed by atoms with E-state index in [1.54, 1.807) is 33.5 Å². The number of aromatic nitrogens is 1. The largest absolute Gasteiger partial charge is 0.308 e. The highest BCUT2D eigenvalue weighted by Gasteiger charge is 2.31. The SMILES string of the molecule is Cc1cc(C)c2sc(N(CCN(C)C)C(=O)c3ccc(S(=O)(=O)N4CCCCC4C)cc3)nc2c1. The summed E-state index contributed by atoms with van der Waals surface area (Å²) in [6, 6.07) is 10.5. The fourth-order valence-electron chi connectivity index (χ4n) is 4.55. The third kappa shape index (κ3) is 5.43. The Labute approximate surface area is 212 Å². The molecule has 9 heteroatoms. The Morgan fingerprint density at radius 3 is 2.49 bits per heavy atom.